The number of amides is 1. The summed E-state index contributed by atoms with van der Waals surface area (Å²) in [4.78, 5) is 11.8. The van der Waals surface area contributed by atoms with Crippen LogP contribution in [0.2, 0.25) is 0 Å². The van der Waals surface area contributed by atoms with Crippen LogP contribution in [0.25, 0.3) is 22.5 Å². The molecule has 7 heteroatoms. The highest BCUT2D eigenvalue weighted by Crippen LogP contribution is 2.30. The van der Waals surface area contributed by atoms with Crippen molar-refractivity contribution in [2.45, 2.75) is 0 Å². The van der Waals surface area contributed by atoms with E-state index >= 15 is 0 Å². The normalized spacial score (nSPS) is 10.5. The van der Waals surface area contributed by atoms with E-state index in [4.69, 9.17) is 5.73 Å². The highest BCUT2D eigenvalue weighted by Gasteiger charge is 2.18. The van der Waals surface area contributed by atoms with Crippen molar-refractivity contribution in [3.05, 3.63) is 53.8 Å². The number of aromatic nitrogens is 4. The Hall–Kier alpha value is -3.09. The molecule has 104 valence electrons. The van der Waals surface area contributed by atoms with Crippen molar-refractivity contribution in [2.24, 2.45) is 5.73 Å². The minimum Gasteiger partial charge on any atom is -0.366 e. The molecule has 21 heavy (non-hydrogen) atoms. The number of tetrazole rings is 1. The zero-order valence-corrected chi connectivity index (χ0v) is 10.7. The average Bonchev–Trinajstić information content (AvgIpc) is 3.01. The molecule has 0 aliphatic heterocycles. The molecule has 6 nitrogen and oxygen atoms in total. The Morgan fingerprint density at radius 3 is 2.43 bits per heavy atom. The molecular weight excluding hydrogens is 273 g/mol. The SMILES string of the molecule is NC(=O)c1c(-c2ccc(F)cc2)cccc1-c1nn[nH]n1. The van der Waals surface area contributed by atoms with Crippen LogP contribution in [0.3, 0.4) is 0 Å². The summed E-state index contributed by atoms with van der Waals surface area (Å²) in [6.45, 7) is 0. The van der Waals surface area contributed by atoms with Gasteiger partial charge in [0, 0.05) is 5.56 Å². The van der Waals surface area contributed by atoms with Crippen LogP contribution in [0.4, 0.5) is 4.39 Å². The summed E-state index contributed by atoms with van der Waals surface area (Å²) in [7, 11) is 0. The van der Waals surface area contributed by atoms with Crippen molar-refractivity contribution in [2.75, 3.05) is 0 Å². The molecule has 0 radical (unpaired) electrons. The molecule has 0 fully saturated rings. The van der Waals surface area contributed by atoms with Crippen molar-refractivity contribution in [3.63, 3.8) is 0 Å². The van der Waals surface area contributed by atoms with Crippen molar-refractivity contribution in [1.29, 1.82) is 0 Å². The Kier molecular flexibility index (Phi) is 3.15. The van der Waals surface area contributed by atoms with Gasteiger partial charge in [0.1, 0.15) is 5.82 Å². The largest absolute Gasteiger partial charge is 0.366 e. The molecule has 3 N–H and O–H groups in total. The fraction of sp³-hybridized carbons (Fsp3) is 0. The molecule has 0 aliphatic carbocycles. The quantitative estimate of drug-likeness (QED) is 0.765. The molecule has 0 aliphatic rings. The number of nitrogens with zero attached hydrogens (tertiary/aromatic N) is 3. The van der Waals surface area contributed by atoms with Gasteiger partial charge in [-0.05, 0) is 28.5 Å². The second-order valence-electron chi connectivity index (χ2n) is 4.33. The Morgan fingerprint density at radius 1 is 1.10 bits per heavy atom. The number of hydrogen-bond acceptors (Lipinski definition) is 4. The van der Waals surface area contributed by atoms with Crippen LogP contribution in [-0.4, -0.2) is 26.5 Å². The van der Waals surface area contributed by atoms with Crippen LogP contribution in [-0.2, 0) is 0 Å². The maximum Gasteiger partial charge on any atom is 0.250 e. The molecule has 0 bridgehead atoms. The Labute approximate surface area is 118 Å². The maximum atomic E-state index is 13.0. The van der Waals surface area contributed by atoms with Crippen molar-refractivity contribution >= 4 is 5.91 Å². The summed E-state index contributed by atoms with van der Waals surface area (Å²) in [5.41, 5.74) is 7.49. The van der Waals surface area contributed by atoms with Gasteiger partial charge in [0.2, 0.25) is 11.7 Å². The maximum absolute atomic E-state index is 13.0. The van der Waals surface area contributed by atoms with E-state index in [1.807, 2.05) is 0 Å². The van der Waals surface area contributed by atoms with Gasteiger partial charge in [-0.1, -0.05) is 30.3 Å². The number of hydrogen-bond donors (Lipinski definition) is 2. The fourth-order valence-electron chi connectivity index (χ4n) is 2.15. The number of H-pyrrole nitrogens is 1. The first kappa shape index (κ1) is 12.9. The fourth-order valence-corrected chi connectivity index (χ4v) is 2.15. The lowest BCUT2D eigenvalue weighted by Crippen LogP contribution is -2.14. The molecule has 0 saturated heterocycles. The van der Waals surface area contributed by atoms with E-state index in [1.54, 1.807) is 30.3 Å². The molecule has 1 amide bonds. The number of halogens is 1. The molecule has 0 unspecified atom stereocenters. The molecule has 3 rings (SSSR count). The monoisotopic (exact) mass is 283 g/mol. The Morgan fingerprint density at radius 2 is 1.81 bits per heavy atom. The first-order valence-corrected chi connectivity index (χ1v) is 6.09. The number of carbonyl (C=O) groups excluding carboxylic acids is 1. The second kappa shape index (κ2) is 5.12. The Bertz CT molecular complexity index is 784. The first-order valence-electron chi connectivity index (χ1n) is 6.09. The number of aromatic amines is 1. The number of nitrogens with two attached hydrogens (primary N) is 1. The van der Waals surface area contributed by atoms with Crippen molar-refractivity contribution < 1.29 is 9.18 Å². The third-order valence-corrected chi connectivity index (χ3v) is 3.05. The van der Waals surface area contributed by atoms with Crippen molar-refractivity contribution in [1.82, 2.24) is 20.6 Å². The zero-order chi connectivity index (χ0) is 14.8. The van der Waals surface area contributed by atoms with Gasteiger partial charge in [-0.25, -0.2) is 4.39 Å². The van der Waals surface area contributed by atoms with E-state index in [-0.39, 0.29) is 17.2 Å². The minimum atomic E-state index is -0.616. The average molecular weight is 283 g/mol. The first-order chi connectivity index (χ1) is 10.2. The van der Waals surface area contributed by atoms with Gasteiger partial charge >= 0.3 is 0 Å². The van der Waals surface area contributed by atoms with Gasteiger partial charge in [0.25, 0.3) is 0 Å². The smallest absolute Gasteiger partial charge is 0.250 e. The number of nitrogens with one attached hydrogen (secondary N) is 1. The molecule has 2 aromatic carbocycles. The van der Waals surface area contributed by atoms with Gasteiger partial charge in [-0.2, -0.15) is 5.21 Å². The van der Waals surface area contributed by atoms with Crippen molar-refractivity contribution in [3.8, 4) is 22.5 Å². The van der Waals surface area contributed by atoms with Gasteiger partial charge < -0.3 is 5.73 Å². The summed E-state index contributed by atoms with van der Waals surface area (Å²) in [5, 5.41) is 13.5. The van der Waals surface area contributed by atoms with E-state index in [2.05, 4.69) is 20.6 Å². The molecule has 3 aromatic rings. The summed E-state index contributed by atoms with van der Waals surface area (Å²) in [6, 6.07) is 11.0. The molecule has 1 aromatic heterocycles. The number of primary amides is 1. The van der Waals surface area contributed by atoms with E-state index in [0.717, 1.165) is 0 Å². The highest BCUT2D eigenvalue weighted by molar-refractivity contribution is 6.05. The van der Waals surface area contributed by atoms with Crippen LogP contribution in [0.15, 0.2) is 42.5 Å². The van der Waals surface area contributed by atoms with Gasteiger partial charge in [-0.3, -0.25) is 4.79 Å². The molecule has 1 heterocycles. The second-order valence-corrected chi connectivity index (χ2v) is 4.33. The van der Waals surface area contributed by atoms with E-state index in [0.29, 0.717) is 16.7 Å². The highest BCUT2D eigenvalue weighted by atomic mass is 19.1. The van der Waals surface area contributed by atoms with Gasteiger partial charge in [0.05, 0.1) is 5.56 Å². The number of carbonyl (C=O) groups is 1. The lowest BCUT2D eigenvalue weighted by Gasteiger charge is -2.10. The topological polar surface area (TPSA) is 97.5 Å². The summed E-state index contributed by atoms with van der Waals surface area (Å²) in [5.74, 6) is -0.698. The third-order valence-electron chi connectivity index (χ3n) is 3.05. The standard InChI is InChI=1S/C14H10FN5O/c15-9-6-4-8(5-7-9)10-2-1-3-11(12(10)13(16)21)14-17-19-20-18-14/h1-7H,(H2,16,21)(H,17,18,19,20). The molecule has 0 saturated carbocycles. The Balaban J connectivity index is 2.24. The predicted molar refractivity (Wildman–Crippen MR) is 73.5 cm³/mol. The predicted octanol–water partition coefficient (Wildman–Crippen LogP) is 1.77. The summed E-state index contributed by atoms with van der Waals surface area (Å²) < 4.78 is 13.0. The van der Waals surface area contributed by atoms with E-state index < -0.39 is 5.91 Å². The zero-order valence-electron chi connectivity index (χ0n) is 10.7. The minimum absolute atomic E-state index is 0.269. The molecule has 0 atom stereocenters. The van der Waals surface area contributed by atoms with Gasteiger partial charge in [-0.15, -0.1) is 10.2 Å². The van der Waals surface area contributed by atoms with Crippen LogP contribution >= 0.6 is 0 Å². The lowest BCUT2D eigenvalue weighted by atomic mass is 9.94. The molecular formula is C14H10FN5O. The van der Waals surface area contributed by atoms with Crippen LogP contribution in [0, 0.1) is 5.82 Å². The lowest BCUT2D eigenvalue weighted by molar-refractivity contribution is 0.100. The van der Waals surface area contributed by atoms with E-state index in [9.17, 15) is 9.18 Å². The number of benzene rings is 2. The number of rotatable bonds is 3. The van der Waals surface area contributed by atoms with Crippen LogP contribution in [0.1, 0.15) is 10.4 Å². The molecule has 0 spiro atoms. The third kappa shape index (κ3) is 2.36. The van der Waals surface area contributed by atoms with E-state index in [1.165, 1.54) is 12.1 Å². The summed E-state index contributed by atoms with van der Waals surface area (Å²) in [6.07, 6.45) is 0. The summed E-state index contributed by atoms with van der Waals surface area (Å²) >= 11 is 0. The van der Waals surface area contributed by atoms with Crippen LogP contribution < -0.4 is 5.73 Å². The van der Waals surface area contributed by atoms with Gasteiger partial charge in [0.15, 0.2) is 0 Å². The van der Waals surface area contributed by atoms with Crippen LogP contribution in [0.5, 0.6) is 0 Å².